The lowest BCUT2D eigenvalue weighted by molar-refractivity contribution is -0.138. The topological polar surface area (TPSA) is 69.7 Å². The van der Waals surface area contributed by atoms with Gasteiger partial charge in [0.2, 0.25) is 5.91 Å². The highest BCUT2D eigenvalue weighted by molar-refractivity contribution is 6.09. The first-order valence-electron chi connectivity index (χ1n) is 9.85. The summed E-state index contributed by atoms with van der Waals surface area (Å²) in [7, 11) is 1.55. The summed E-state index contributed by atoms with van der Waals surface area (Å²) < 4.78 is 13.4. The number of urea groups is 1. The fourth-order valence-corrected chi connectivity index (χ4v) is 3.49. The Bertz CT molecular complexity index is 974. The van der Waals surface area contributed by atoms with Crippen LogP contribution in [0.1, 0.15) is 43.4 Å². The van der Waals surface area contributed by atoms with Gasteiger partial charge in [0, 0.05) is 13.6 Å². The van der Waals surface area contributed by atoms with Gasteiger partial charge in [0.25, 0.3) is 5.91 Å². The molecule has 0 bridgehead atoms. The van der Waals surface area contributed by atoms with Gasteiger partial charge >= 0.3 is 6.03 Å². The van der Waals surface area contributed by atoms with Crippen molar-refractivity contribution in [2.45, 2.75) is 38.8 Å². The number of amides is 4. The summed E-state index contributed by atoms with van der Waals surface area (Å²) in [5.74, 6) is -0.926. The number of carbonyl (C=O) groups excluding carboxylic acids is 3. The lowest BCUT2D eigenvalue weighted by Crippen LogP contribution is -2.43. The fourth-order valence-electron chi connectivity index (χ4n) is 3.49. The molecule has 1 N–H and O–H groups in total. The number of benzene rings is 2. The van der Waals surface area contributed by atoms with E-state index in [1.54, 1.807) is 26.1 Å². The molecule has 1 aliphatic heterocycles. The van der Waals surface area contributed by atoms with Crippen molar-refractivity contribution in [1.82, 2.24) is 15.1 Å². The molecule has 7 heteroatoms. The van der Waals surface area contributed by atoms with Crippen LogP contribution in [-0.4, -0.2) is 41.2 Å². The van der Waals surface area contributed by atoms with Crippen LogP contribution in [0.3, 0.4) is 0 Å². The van der Waals surface area contributed by atoms with Gasteiger partial charge in [-0.3, -0.25) is 14.5 Å². The zero-order chi connectivity index (χ0) is 22.1. The average Bonchev–Trinajstić information content (AvgIpc) is 2.92. The normalized spacial score (nSPS) is 18.7. The number of hydrogen-bond acceptors (Lipinski definition) is 3. The number of rotatable bonds is 6. The van der Waals surface area contributed by atoms with Gasteiger partial charge in [0.1, 0.15) is 17.9 Å². The molecule has 0 spiro atoms. The summed E-state index contributed by atoms with van der Waals surface area (Å²) in [6, 6.07) is 12.9. The van der Waals surface area contributed by atoms with Crippen LogP contribution in [0.2, 0.25) is 0 Å². The van der Waals surface area contributed by atoms with E-state index in [1.807, 2.05) is 24.3 Å². The predicted molar refractivity (Wildman–Crippen MR) is 111 cm³/mol. The Labute approximate surface area is 175 Å². The smallest absolute Gasteiger partial charge is 0.325 e. The van der Waals surface area contributed by atoms with Crippen LogP contribution in [0.5, 0.6) is 0 Å². The minimum atomic E-state index is -1.23. The van der Waals surface area contributed by atoms with E-state index in [-0.39, 0.29) is 18.9 Å². The van der Waals surface area contributed by atoms with Crippen molar-refractivity contribution in [2.24, 2.45) is 0 Å². The maximum absolute atomic E-state index is 13.4. The highest BCUT2D eigenvalue weighted by Gasteiger charge is 2.49. The molecule has 1 aliphatic rings. The first-order valence-corrected chi connectivity index (χ1v) is 9.85. The van der Waals surface area contributed by atoms with E-state index < -0.39 is 23.4 Å². The van der Waals surface area contributed by atoms with E-state index >= 15 is 0 Å². The van der Waals surface area contributed by atoms with E-state index in [4.69, 9.17) is 0 Å². The number of hydrogen-bond donors (Lipinski definition) is 1. The van der Waals surface area contributed by atoms with Gasteiger partial charge in [-0.15, -0.1) is 0 Å². The van der Waals surface area contributed by atoms with Crippen molar-refractivity contribution < 1.29 is 18.8 Å². The van der Waals surface area contributed by atoms with E-state index in [2.05, 4.69) is 19.2 Å². The first-order chi connectivity index (χ1) is 14.1. The molecule has 0 aromatic heterocycles. The van der Waals surface area contributed by atoms with Crippen LogP contribution in [-0.2, 0) is 21.7 Å². The third-order valence-corrected chi connectivity index (χ3v) is 5.46. The van der Waals surface area contributed by atoms with Gasteiger partial charge in [-0.05, 0) is 41.7 Å². The highest BCUT2D eigenvalue weighted by atomic mass is 19.1. The van der Waals surface area contributed by atoms with Gasteiger partial charge in [-0.1, -0.05) is 50.2 Å². The number of likely N-dealkylation sites (N-methyl/N-ethyl adjacent to an activating group) is 1. The van der Waals surface area contributed by atoms with Crippen LogP contribution < -0.4 is 5.32 Å². The number of nitrogens with zero attached hydrogens (tertiary/aromatic N) is 2. The molecule has 158 valence electrons. The van der Waals surface area contributed by atoms with E-state index in [0.717, 1.165) is 10.5 Å². The molecule has 2 aromatic carbocycles. The van der Waals surface area contributed by atoms with Crippen molar-refractivity contribution in [2.75, 3.05) is 13.6 Å². The summed E-state index contributed by atoms with van der Waals surface area (Å²) in [4.78, 5) is 40.4. The summed E-state index contributed by atoms with van der Waals surface area (Å²) >= 11 is 0. The maximum Gasteiger partial charge on any atom is 0.325 e. The van der Waals surface area contributed by atoms with Crippen molar-refractivity contribution in [3.63, 3.8) is 0 Å². The zero-order valence-electron chi connectivity index (χ0n) is 17.6. The molecule has 30 heavy (non-hydrogen) atoms. The molecule has 4 amide bonds. The van der Waals surface area contributed by atoms with Crippen molar-refractivity contribution in [3.05, 3.63) is 71.0 Å². The van der Waals surface area contributed by atoms with Crippen molar-refractivity contribution >= 4 is 17.8 Å². The Morgan fingerprint density at radius 3 is 2.43 bits per heavy atom. The lowest BCUT2D eigenvalue weighted by Gasteiger charge is -2.24. The monoisotopic (exact) mass is 411 g/mol. The molecule has 1 atom stereocenters. The quantitative estimate of drug-likeness (QED) is 0.741. The molecular weight excluding hydrogens is 385 g/mol. The van der Waals surface area contributed by atoms with Crippen LogP contribution in [0, 0.1) is 5.82 Å². The van der Waals surface area contributed by atoms with E-state index in [9.17, 15) is 18.8 Å². The van der Waals surface area contributed by atoms with E-state index in [1.165, 1.54) is 17.0 Å². The number of carbonyl (C=O) groups is 3. The van der Waals surface area contributed by atoms with Gasteiger partial charge in [-0.2, -0.15) is 0 Å². The van der Waals surface area contributed by atoms with Gasteiger partial charge in [-0.25, -0.2) is 9.18 Å². The Hall–Kier alpha value is -3.22. The second-order valence-corrected chi connectivity index (χ2v) is 8.10. The summed E-state index contributed by atoms with van der Waals surface area (Å²) in [5.41, 5.74) is 1.19. The van der Waals surface area contributed by atoms with Crippen molar-refractivity contribution in [1.29, 1.82) is 0 Å². The van der Waals surface area contributed by atoms with Crippen LogP contribution in [0.25, 0.3) is 0 Å². The lowest BCUT2D eigenvalue weighted by atomic mass is 9.90. The molecule has 6 nitrogen and oxygen atoms in total. The number of imide groups is 1. The molecule has 1 heterocycles. The van der Waals surface area contributed by atoms with Gasteiger partial charge < -0.3 is 10.2 Å². The third-order valence-electron chi connectivity index (χ3n) is 5.46. The molecule has 1 unspecified atom stereocenters. The van der Waals surface area contributed by atoms with Gasteiger partial charge in [0.15, 0.2) is 0 Å². The number of halogens is 1. The zero-order valence-corrected chi connectivity index (χ0v) is 17.6. The molecule has 2 aromatic rings. The Morgan fingerprint density at radius 1 is 1.17 bits per heavy atom. The molecule has 1 fully saturated rings. The minimum absolute atomic E-state index is 0.175. The summed E-state index contributed by atoms with van der Waals surface area (Å²) in [5, 5.41) is 2.71. The molecular formula is C23H26FN3O3. The molecule has 0 radical (unpaired) electrons. The molecule has 1 saturated heterocycles. The second kappa shape index (κ2) is 8.26. The minimum Gasteiger partial charge on any atom is -0.340 e. The fraction of sp³-hybridized carbons (Fsp3) is 0.348. The summed E-state index contributed by atoms with van der Waals surface area (Å²) in [6.07, 6.45) is 0. The Morgan fingerprint density at radius 2 is 1.83 bits per heavy atom. The number of nitrogens with one attached hydrogen (secondary N) is 1. The highest BCUT2D eigenvalue weighted by Crippen LogP contribution is 2.30. The maximum atomic E-state index is 13.4. The molecule has 0 saturated carbocycles. The van der Waals surface area contributed by atoms with Crippen LogP contribution in [0.15, 0.2) is 48.5 Å². The molecule has 3 rings (SSSR count). The first kappa shape index (κ1) is 21.5. The third kappa shape index (κ3) is 4.20. The predicted octanol–water partition coefficient (Wildman–Crippen LogP) is 3.37. The molecule has 0 aliphatic carbocycles. The van der Waals surface area contributed by atoms with Crippen LogP contribution in [0.4, 0.5) is 9.18 Å². The average molecular weight is 411 g/mol. The largest absolute Gasteiger partial charge is 0.340 e. The standard InChI is InChI=1S/C23H26FN3O3/c1-15(2)17-8-10-18(11-9-17)23(3)21(29)27(22(30)25-23)14-20(28)26(4)13-16-6-5-7-19(24)12-16/h5-12,15H,13-14H2,1-4H3,(H,25,30). The van der Waals surface area contributed by atoms with E-state index in [0.29, 0.717) is 17.0 Å². The second-order valence-electron chi connectivity index (χ2n) is 8.10. The van der Waals surface area contributed by atoms with Crippen LogP contribution >= 0.6 is 0 Å². The Kier molecular flexibility index (Phi) is 5.92. The summed E-state index contributed by atoms with van der Waals surface area (Å²) in [6.45, 7) is 5.59. The van der Waals surface area contributed by atoms with Crippen molar-refractivity contribution in [3.8, 4) is 0 Å². The Balaban J connectivity index is 1.71. The van der Waals surface area contributed by atoms with Gasteiger partial charge in [0.05, 0.1) is 0 Å². The SMILES string of the molecule is CC(C)c1ccc(C2(C)NC(=O)N(CC(=O)N(C)Cc3cccc(F)c3)C2=O)cc1.